The minimum Gasteiger partial charge on any atom is -0.309 e. The van der Waals surface area contributed by atoms with Crippen LogP contribution in [0.1, 0.15) is 54.6 Å². The first kappa shape index (κ1) is 15.8. The van der Waals surface area contributed by atoms with Gasteiger partial charge in [-0.05, 0) is 54.1 Å². The van der Waals surface area contributed by atoms with Crippen LogP contribution in [-0.2, 0) is 5.41 Å². The highest BCUT2D eigenvalue weighted by Gasteiger charge is 2.16. The van der Waals surface area contributed by atoms with E-state index in [1.807, 2.05) is 7.05 Å². The van der Waals surface area contributed by atoms with E-state index in [9.17, 15) is 0 Å². The van der Waals surface area contributed by atoms with E-state index in [0.717, 1.165) is 0 Å². The lowest BCUT2D eigenvalue weighted by Gasteiger charge is -2.22. The first-order chi connectivity index (χ1) is 9.82. The molecule has 0 aliphatic carbocycles. The molecule has 0 bridgehead atoms. The topological polar surface area (TPSA) is 12.0 Å². The second-order valence-electron chi connectivity index (χ2n) is 6.94. The first-order valence-electron chi connectivity index (χ1n) is 7.68. The fourth-order valence-corrected chi connectivity index (χ4v) is 2.65. The van der Waals surface area contributed by atoms with Crippen LogP contribution in [0.4, 0.5) is 0 Å². The average molecular weight is 281 g/mol. The molecule has 0 saturated carbocycles. The van der Waals surface area contributed by atoms with Crippen molar-refractivity contribution in [1.82, 2.24) is 5.32 Å². The van der Waals surface area contributed by atoms with Gasteiger partial charge in [-0.3, -0.25) is 0 Å². The molecule has 112 valence electrons. The van der Waals surface area contributed by atoms with E-state index < -0.39 is 0 Å². The lowest BCUT2D eigenvalue weighted by atomic mass is 9.85. The van der Waals surface area contributed by atoms with Crippen LogP contribution in [0.15, 0.2) is 42.5 Å². The normalized spacial score (nSPS) is 13.2. The molecule has 0 aliphatic rings. The van der Waals surface area contributed by atoms with Gasteiger partial charge in [0.05, 0.1) is 6.04 Å². The highest BCUT2D eigenvalue weighted by Crippen LogP contribution is 2.27. The fraction of sp³-hybridized carbons (Fsp3) is 0.400. The number of rotatable bonds is 3. The molecule has 0 fully saturated rings. The van der Waals surface area contributed by atoms with Crippen molar-refractivity contribution in [2.75, 3.05) is 7.05 Å². The molecule has 1 N–H and O–H groups in total. The van der Waals surface area contributed by atoms with Crippen molar-refractivity contribution < 1.29 is 0 Å². The third-order valence-corrected chi connectivity index (χ3v) is 4.26. The Bertz CT molecular complexity index is 603. The van der Waals surface area contributed by atoms with Gasteiger partial charge in [0.2, 0.25) is 0 Å². The number of hydrogen-bond donors (Lipinski definition) is 1. The Morgan fingerprint density at radius 3 is 1.86 bits per heavy atom. The van der Waals surface area contributed by atoms with E-state index in [1.54, 1.807) is 0 Å². The predicted octanol–water partition coefficient (Wildman–Crippen LogP) is 4.91. The highest BCUT2D eigenvalue weighted by molar-refractivity contribution is 5.38. The Labute approximate surface area is 129 Å². The van der Waals surface area contributed by atoms with Gasteiger partial charge in [-0.15, -0.1) is 0 Å². The second-order valence-corrected chi connectivity index (χ2v) is 6.94. The molecule has 1 atom stereocenters. The lowest BCUT2D eigenvalue weighted by Crippen LogP contribution is -2.18. The van der Waals surface area contributed by atoms with Crippen LogP contribution in [0.5, 0.6) is 0 Å². The zero-order chi connectivity index (χ0) is 15.6. The summed E-state index contributed by atoms with van der Waals surface area (Å²) in [5.41, 5.74) is 6.91. The van der Waals surface area contributed by atoms with Gasteiger partial charge in [0.15, 0.2) is 0 Å². The van der Waals surface area contributed by atoms with Gasteiger partial charge in [-0.1, -0.05) is 63.2 Å². The molecule has 21 heavy (non-hydrogen) atoms. The molecule has 1 unspecified atom stereocenters. The van der Waals surface area contributed by atoms with Gasteiger partial charge in [0, 0.05) is 0 Å². The summed E-state index contributed by atoms with van der Waals surface area (Å²) >= 11 is 0. The van der Waals surface area contributed by atoms with Gasteiger partial charge in [0.1, 0.15) is 0 Å². The standard InChI is InChI=1S/C20H27N/c1-14-7-8-17(13-15(14)2)19(21-6)16-9-11-18(12-10-16)20(3,4)5/h7-13,19,21H,1-6H3. The van der Waals surface area contributed by atoms with Gasteiger partial charge >= 0.3 is 0 Å². The van der Waals surface area contributed by atoms with Crippen LogP contribution in [0.3, 0.4) is 0 Å². The summed E-state index contributed by atoms with van der Waals surface area (Å²) in [4.78, 5) is 0. The van der Waals surface area contributed by atoms with Gasteiger partial charge < -0.3 is 5.32 Å². The summed E-state index contributed by atoms with van der Waals surface area (Å²) in [5.74, 6) is 0. The zero-order valence-corrected chi connectivity index (χ0v) is 14.1. The summed E-state index contributed by atoms with van der Waals surface area (Å²) in [5, 5.41) is 3.44. The molecule has 2 rings (SSSR count). The first-order valence-corrected chi connectivity index (χ1v) is 7.68. The second kappa shape index (κ2) is 6.03. The molecule has 2 aromatic rings. The van der Waals surface area contributed by atoms with E-state index in [2.05, 4.69) is 82.4 Å². The minimum absolute atomic E-state index is 0.202. The Balaban J connectivity index is 2.35. The molecule has 0 aliphatic heterocycles. The molecule has 0 aromatic heterocycles. The van der Waals surface area contributed by atoms with Gasteiger partial charge in [-0.2, -0.15) is 0 Å². The van der Waals surface area contributed by atoms with E-state index in [0.29, 0.717) is 0 Å². The SMILES string of the molecule is CNC(c1ccc(C(C)(C)C)cc1)c1ccc(C)c(C)c1. The van der Waals surface area contributed by atoms with E-state index in [4.69, 9.17) is 0 Å². The van der Waals surface area contributed by atoms with Crippen molar-refractivity contribution in [2.45, 2.75) is 46.1 Å². The molecule has 2 aromatic carbocycles. The molecular weight excluding hydrogens is 254 g/mol. The molecule has 1 nitrogen and oxygen atoms in total. The zero-order valence-electron chi connectivity index (χ0n) is 14.1. The molecular formula is C20H27N. The molecule has 0 heterocycles. The highest BCUT2D eigenvalue weighted by atomic mass is 14.9. The van der Waals surface area contributed by atoms with Crippen molar-refractivity contribution >= 4 is 0 Å². The maximum atomic E-state index is 3.44. The molecule has 0 radical (unpaired) electrons. The quantitative estimate of drug-likeness (QED) is 0.843. The minimum atomic E-state index is 0.202. The average Bonchev–Trinajstić information content (AvgIpc) is 2.43. The largest absolute Gasteiger partial charge is 0.309 e. The third kappa shape index (κ3) is 3.54. The maximum absolute atomic E-state index is 3.44. The van der Waals surface area contributed by atoms with Crippen LogP contribution in [0, 0.1) is 13.8 Å². The van der Waals surface area contributed by atoms with Crippen molar-refractivity contribution in [2.24, 2.45) is 0 Å². The van der Waals surface area contributed by atoms with Crippen LogP contribution < -0.4 is 5.32 Å². The van der Waals surface area contributed by atoms with Crippen molar-refractivity contribution in [3.05, 3.63) is 70.3 Å². The van der Waals surface area contributed by atoms with Crippen molar-refractivity contribution in [1.29, 1.82) is 0 Å². The van der Waals surface area contributed by atoms with Gasteiger partial charge in [-0.25, -0.2) is 0 Å². The fourth-order valence-electron chi connectivity index (χ4n) is 2.65. The summed E-state index contributed by atoms with van der Waals surface area (Å²) in [7, 11) is 2.03. The maximum Gasteiger partial charge on any atom is 0.0574 e. The van der Waals surface area contributed by atoms with Crippen LogP contribution in [-0.4, -0.2) is 7.05 Å². The summed E-state index contributed by atoms with van der Waals surface area (Å²) in [6, 6.07) is 16.0. The summed E-state index contributed by atoms with van der Waals surface area (Å²) < 4.78 is 0. The molecule has 0 saturated heterocycles. The van der Waals surface area contributed by atoms with E-state index >= 15 is 0 Å². The van der Waals surface area contributed by atoms with Crippen LogP contribution in [0.2, 0.25) is 0 Å². The Kier molecular flexibility index (Phi) is 4.53. The Morgan fingerprint density at radius 1 is 0.810 bits per heavy atom. The lowest BCUT2D eigenvalue weighted by molar-refractivity contribution is 0.589. The van der Waals surface area contributed by atoms with Crippen molar-refractivity contribution in [3.8, 4) is 0 Å². The van der Waals surface area contributed by atoms with Crippen LogP contribution >= 0.6 is 0 Å². The van der Waals surface area contributed by atoms with E-state index in [-0.39, 0.29) is 11.5 Å². The number of hydrogen-bond acceptors (Lipinski definition) is 1. The number of aryl methyl sites for hydroxylation is 2. The monoisotopic (exact) mass is 281 g/mol. The smallest absolute Gasteiger partial charge is 0.0574 e. The van der Waals surface area contributed by atoms with Gasteiger partial charge in [0.25, 0.3) is 0 Å². The number of nitrogens with one attached hydrogen (secondary N) is 1. The summed E-state index contributed by atoms with van der Waals surface area (Å²) in [6.45, 7) is 11.1. The Hall–Kier alpha value is -1.60. The molecule has 0 spiro atoms. The van der Waals surface area contributed by atoms with Crippen LogP contribution in [0.25, 0.3) is 0 Å². The predicted molar refractivity (Wildman–Crippen MR) is 92.0 cm³/mol. The molecule has 1 heteroatoms. The third-order valence-electron chi connectivity index (χ3n) is 4.26. The number of benzene rings is 2. The Morgan fingerprint density at radius 2 is 1.38 bits per heavy atom. The molecule has 0 amide bonds. The van der Waals surface area contributed by atoms with Crippen molar-refractivity contribution in [3.63, 3.8) is 0 Å². The van der Waals surface area contributed by atoms with E-state index in [1.165, 1.54) is 27.8 Å². The summed E-state index contributed by atoms with van der Waals surface area (Å²) in [6.07, 6.45) is 0.